The molecule has 1 aliphatic heterocycles. The summed E-state index contributed by atoms with van der Waals surface area (Å²) in [5.74, 6) is -1.58. The monoisotopic (exact) mass is 424 g/mol. The highest BCUT2D eigenvalue weighted by molar-refractivity contribution is 7.94. The number of anilines is 2. The Morgan fingerprint density at radius 1 is 1.18 bits per heavy atom. The maximum atomic E-state index is 12.9. The first kappa shape index (κ1) is 20.2. The Bertz CT molecular complexity index is 1140. The standard InChI is InChI=1S/C18H20N2O6S2/c1-12-5-4-6-14(9-12)19-28(24,25)17-10-15(7-8-16(17)26-3)20-18(21)13(2)11-27(20,22)23/h4-10,13,19H,11H2,1-3H3. The van der Waals surface area contributed by atoms with Crippen LogP contribution in [0.25, 0.3) is 0 Å². The molecule has 2 aromatic rings. The molecular weight excluding hydrogens is 404 g/mol. The summed E-state index contributed by atoms with van der Waals surface area (Å²) < 4.78 is 58.8. The van der Waals surface area contributed by atoms with Gasteiger partial charge in [0.1, 0.15) is 10.6 Å². The molecule has 1 atom stereocenters. The van der Waals surface area contributed by atoms with Crippen LogP contribution in [0.15, 0.2) is 47.4 Å². The summed E-state index contributed by atoms with van der Waals surface area (Å²) >= 11 is 0. The van der Waals surface area contributed by atoms with Gasteiger partial charge in [-0.1, -0.05) is 19.1 Å². The molecule has 10 heteroatoms. The number of aryl methyl sites for hydroxylation is 1. The predicted molar refractivity (Wildman–Crippen MR) is 105 cm³/mol. The second-order valence-corrected chi connectivity index (χ2v) is 10.1. The third kappa shape index (κ3) is 3.69. The molecular formula is C18H20N2O6S2. The lowest BCUT2D eigenvalue weighted by molar-refractivity contribution is -0.119. The molecule has 0 bridgehead atoms. The minimum Gasteiger partial charge on any atom is -0.495 e. The van der Waals surface area contributed by atoms with Crippen LogP contribution in [0.3, 0.4) is 0 Å². The number of carbonyl (C=O) groups excluding carboxylic acids is 1. The van der Waals surface area contributed by atoms with Crippen molar-refractivity contribution in [3.05, 3.63) is 48.0 Å². The molecule has 28 heavy (non-hydrogen) atoms. The summed E-state index contributed by atoms with van der Waals surface area (Å²) in [6.45, 7) is 3.34. The van der Waals surface area contributed by atoms with Gasteiger partial charge >= 0.3 is 0 Å². The van der Waals surface area contributed by atoms with Gasteiger partial charge in [-0.3, -0.25) is 9.52 Å². The molecule has 8 nitrogen and oxygen atoms in total. The molecule has 150 valence electrons. The van der Waals surface area contributed by atoms with Crippen LogP contribution < -0.4 is 13.8 Å². The maximum Gasteiger partial charge on any atom is 0.265 e. The fraction of sp³-hybridized carbons (Fsp3) is 0.278. The Hall–Kier alpha value is -2.59. The number of carbonyl (C=O) groups is 1. The minimum atomic E-state index is -4.10. The number of methoxy groups -OCH3 is 1. The van der Waals surface area contributed by atoms with Crippen LogP contribution in [-0.4, -0.2) is 35.6 Å². The van der Waals surface area contributed by atoms with Gasteiger partial charge in [-0.25, -0.2) is 21.1 Å². The Kier molecular flexibility index (Phi) is 5.11. The number of sulfonamides is 2. The largest absolute Gasteiger partial charge is 0.495 e. The second-order valence-electron chi connectivity index (χ2n) is 6.59. The number of nitrogens with one attached hydrogen (secondary N) is 1. The molecule has 0 spiro atoms. The Morgan fingerprint density at radius 2 is 1.89 bits per heavy atom. The Labute approximate surface area is 164 Å². The van der Waals surface area contributed by atoms with Crippen molar-refractivity contribution < 1.29 is 26.4 Å². The van der Waals surface area contributed by atoms with Gasteiger partial charge in [-0.15, -0.1) is 0 Å². The summed E-state index contributed by atoms with van der Waals surface area (Å²) in [5, 5.41) is 0. The molecule has 1 N–H and O–H groups in total. The molecule has 0 radical (unpaired) electrons. The van der Waals surface area contributed by atoms with Gasteiger partial charge in [0.2, 0.25) is 15.9 Å². The highest BCUT2D eigenvalue weighted by atomic mass is 32.2. The van der Waals surface area contributed by atoms with Crippen molar-refractivity contribution >= 4 is 37.3 Å². The van der Waals surface area contributed by atoms with E-state index in [2.05, 4.69) is 4.72 Å². The van der Waals surface area contributed by atoms with E-state index in [1.54, 1.807) is 18.2 Å². The normalized spacial score (nSPS) is 18.9. The molecule has 1 fully saturated rings. The third-order valence-electron chi connectivity index (χ3n) is 4.30. The average Bonchev–Trinajstić information content (AvgIpc) is 2.81. The average molecular weight is 425 g/mol. The van der Waals surface area contributed by atoms with E-state index in [0.29, 0.717) is 9.99 Å². The van der Waals surface area contributed by atoms with E-state index in [-0.39, 0.29) is 22.1 Å². The van der Waals surface area contributed by atoms with E-state index in [4.69, 9.17) is 4.74 Å². The zero-order valence-electron chi connectivity index (χ0n) is 15.5. The topological polar surface area (TPSA) is 110 Å². The van der Waals surface area contributed by atoms with E-state index in [0.717, 1.165) is 11.6 Å². The first-order valence-electron chi connectivity index (χ1n) is 8.39. The van der Waals surface area contributed by atoms with Gasteiger partial charge in [0, 0.05) is 5.69 Å². The van der Waals surface area contributed by atoms with Crippen molar-refractivity contribution in [1.82, 2.24) is 0 Å². The number of ether oxygens (including phenoxy) is 1. The van der Waals surface area contributed by atoms with Gasteiger partial charge in [-0.05, 0) is 42.8 Å². The molecule has 1 saturated heterocycles. The van der Waals surface area contributed by atoms with Crippen molar-refractivity contribution in [2.45, 2.75) is 18.7 Å². The number of hydrogen-bond acceptors (Lipinski definition) is 6. The molecule has 2 aromatic carbocycles. The lowest BCUT2D eigenvalue weighted by Gasteiger charge is -2.18. The van der Waals surface area contributed by atoms with E-state index < -0.39 is 31.9 Å². The predicted octanol–water partition coefficient (Wildman–Crippen LogP) is 2.12. The van der Waals surface area contributed by atoms with Gasteiger partial charge in [-0.2, -0.15) is 0 Å². The fourth-order valence-corrected chi connectivity index (χ4v) is 6.06. The molecule has 1 unspecified atom stereocenters. The smallest absolute Gasteiger partial charge is 0.265 e. The quantitative estimate of drug-likeness (QED) is 0.787. The fourth-order valence-electron chi connectivity index (χ4n) is 3.01. The van der Waals surface area contributed by atoms with E-state index in [1.165, 1.54) is 26.2 Å². The van der Waals surface area contributed by atoms with Gasteiger partial charge < -0.3 is 4.74 Å². The first-order valence-corrected chi connectivity index (χ1v) is 11.5. The van der Waals surface area contributed by atoms with Crippen molar-refractivity contribution in [3.8, 4) is 5.75 Å². The van der Waals surface area contributed by atoms with Crippen LogP contribution >= 0.6 is 0 Å². The molecule has 1 heterocycles. The zero-order valence-corrected chi connectivity index (χ0v) is 17.2. The summed E-state index contributed by atoms with van der Waals surface area (Å²) in [4.78, 5) is 12.0. The first-order chi connectivity index (χ1) is 13.0. The lowest BCUT2D eigenvalue weighted by Crippen LogP contribution is -2.30. The molecule has 0 aliphatic carbocycles. The van der Waals surface area contributed by atoms with Gasteiger partial charge in [0.25, 0.3) is 10.0 Å². The van der Waals surface area contributed by atoms with Crippen molar-refractivity contribution in [1.29, 1.82) is 0 Å². The molecule has 1 amide bonds. The highest BCUT2D eigenvalue weighted by Gasteiger charge is 2.42. The zero-order chi connectivity index (χ0) is 20.7. The molecule has 0 saturated carbocycles. The van der Waals surface area contributed by atoms with Crippen LogP contribution in [-0.2, 0) is 24.8 Å². The number of rotatable bonds is 5. The third-order valence-corrected chi connectivity index (χ3v) is 7.57. The van der Waals surface area contributed by atoms with Crippen LogP contribution in [0.1, 0.15) is 12.5 Å². The van der Waals surface area contributed by atoms with Crippen LogP contribution in [0.4, 0.5) is 11.4 Å². The lowest BCUT2D eigenvalue weighted by atomic mass is 10.2. The number of nitrogens with zero attached hydrogens (tertiary/aromatic N) is 1. The van der Waals surface area contributed by atoms with Gasteiger partial charge in [0.15, 0.2) is 0 Å². The van der Waals surface area contributed by atoms with E-state index >= 15 is 0 Å². The second kappa shape index (κ2) is 7.10. The maximum absolute atomic E-state index is 12.9. The summed E-state index contributed by atoms with van der Waals surface area (Å²) in [7, 11) is -6.65. The highest BCUT2D eigenvalue weighted by Crippen LogP contribution is 2.34. The van der Waals surface area contributed by atoms with Gasteiger partial charge in [0.05, 0.1) is 24.5 Å². The Morgan fingerprint density at radius 3 is 2.46 bits per heavy atom. The van der Waals surface area contributed by atoms with Crippen molar-refractivity contribution in [2.24, 2.45) is 5.92 Å². The number of amides is 1. The van der Waals surface area contributed by atoms with E-state index in [9.17, 15) is 21.6 Å². The van der Waals surface area contributed by atoms with E-state index in [1.807, 2.05) is 13.0 Å². The summed E-state index contributed by atoms with van der Waals surface area (Å²) in [6, 6.07) is 10.6. The summed E-state index contributed by atoms with van der Waals surface area (Å²) in [6.07, 6.45) is 0. The number of hydrogen-bond donors (Lipinski definition) is 1. The minimum absolute atomic E-state index is 0.0287. The van der Waals surface area contributed by atoms with Crippen molar-refractivity contribution in [2.75, 3.05) is 21.9 Å². The van der Waals surface area contributed by atoms with Crippen LogP contribution in [0, 0.1) is 12.8 Å². The van der Waals surface area contributed by atoms with Crippen molar-refractivity contribution in [3.63, 3.8) is 0 Å². The van der Waals surface area contributed by atoms with Crippen LogP contribution in [0.5, 0.6) is 5.75 Å². The SMILES string of the molecule is COc1ccc(N2C(=O)C(C)CS2(=O)=O)cc1S(=O)(=O)Nc1cccc(C)c1. The molecule has 0 aromatic heterocycles. The molecule has 1 aliphatic rings. The molecule has 3 rings (SSSR count). The summed E-state index contributed by atoms with van der Waals surface area (Å²) in [5.41, 5.74) is 1.18. The van der Waals surface area contributed by atoms with Crippen LogP contribution in [0.2, 0.25) is 0 Å². The number of benzene rings is 2. The Balaban J connectivity index is 2.08.